The predicted molar refractivity (Wildman–Crippen MR) is 91.7 cm³/mol. The van der Waals surface area contributed by atoms with Crippen molar-refractivity contribution in [2.45, 2.75) is 38.6 Å². The number of benzene rings is 1. The highest BCUT2D eigenvalue weighted by atomic mass is 79.9. The number of hydrogen-bond acceptors (Lipinski definition) is 3. The first-order valence-electron chi connectivity index (χ1n) is 7.97. The second-order valence-electron chi connectivity index (χ2n) is 5.91. The number of rotatable bonds is 6. The third-order valence-electron chi connectivity index (χ3n) is 4.56. The molecule has 0 amide bonds. The predicted octanol–water partition coefficient (Wildman–Crippen LogP) is 3.97. The van der Waals surface area contributed by atoms with Gasteiger partial charge in [-0.05, 0) is 50.0 Å². The zero-order valence-corrected chi connectivity index (χ0v) is 14.7. The van der Waals surface area contributed by atoms with Crippen molar-refractivity contribution in [3.8, 4) is 5.75 Å². The standard InChI is InChI=1S/C17H27BrN2O/c1-3-4-13-7-9-20(10-8-13)16(12-19)15-11-14(18)5-6-17(15)21-2/h5-6,11,13,16H,3-4,7-10,12,19H2,1-2H3. The summed E-state index contributed by atoms with van der Waals surface area (Å²) in [6, 6.07) is 6.43. The monoisotopic (exact) mass is 354 g/mol. The minimum Gasteiger partial charge on any atom is -0.496 e. The maximum atomic E-state index is 6.09. The summed E-state index contributed by atoms with van der Waals surface area (Å²) in [4.78, 5) is 2.52. The lowest BCUT2D eigenvalue weighted by Gasteiger charge is -2.37. The molecule has 1 atom stereocenters. The Morgan fingerprint density at radius 2 is 2.10 bits per heavy atom. The van der Waals surface area contributed by atoms with Crippen LogP contribution in [0.4, 0.5) is 0 Å². The van der Waals surface area contributed by atoms with Gasteiger partial charge in [-0.3, -0.25) is 4.90 Å². The SMILES string of the molecule is CCCC1CCN(C(CN)c2cc(Br)ccc2OC)CC1. The molecule has 2 N–H and O–H groups in total. The smallest absolute Gasteiger partial charge is 0.123 e. The van der Waals surface area contributed by atoms with Crippen LogP contribution in [0.5, 0.6) is 5.75 Å². The third kappa shape index (κ3) is 4.21. The van der Waals surface area contributed by atoms with Crippen molar-refractivity contribution in [1.29, 1.82) is 0 Å². The third-order valence-corrected chi connectivity index (χ3v) is 5.05. The molecular weight excluding hydrogens is 328 g/mol. The molecule has 0 saturated carbocycles. The molecule has 1 unspecified atom stereocenters. The fraction of sp³-hybridized carbons (Fsp3) is 0.647. The van der Waals surface area contributed by atoms with Gasteiger partial charge in [0.05, 0.1) is 13.2 Å². The molecule has 0 bridgehead atoms. The molecule has 1 fully saturated rings. The molecule has 1 aromatic rings. The average Bonchev–Trinajstić information content (AvgIpc) is 2.50. The summed E-state index contributed by atoms with van der Waals surface area (Å²) in [5.74, 6) is 1.83. The Bertz CT molecular complexity index is 444. The van der Waals surface area contributed by atoms with Crippen molar-refractivity contribution in [1.82, 2.24) is 4.90 Å². The van der Waals surface area contributed by atoms with Gasteiger partial charge in [-0.2, -0.15) is 0 Å². The molecule has 21 heavy (non-hydrogen) atoms. The second-order valence-corrected chi connectivity index (χ2v) is 6.82. The number of hydrogen-bond donors (Lipinski definition) is 1. The van der Waals surface area contributed by atoms with Crippen molar-refractivity contribution in [3.05, 3.63) is 28.2 Å². The maximum Gasteiger partial charge on any atom is 0.123 e. The van der Waals surface area contributed by atoms with Gasteiger partial charge >= 0.3 is 0 Å². The van der Waals surface area contributed by atoms with Gasteiger partial charge in [-0.1, -0.05) is 35.7 Å². The van der Waals surface area contributed by atoms with Gasteiger partial charge in [-0.25, -0.2) is 0 Å². The van der Waals surface area contributed by atoms with E-state index in [1.54, 1.807) is 7.11 Å². The van der Waals surface area contributed by atoms with Gasteiger partial charge in [0.1, 0.15) is 5.75 Å². The van der Waals surface area contributed by atoms with E-state index in [1.165, 1.54) is 31.2 Å². The molecule has 1 saturated heterocycles. The number of nitrogens with zero attached hydrogens (tertiary/aromatic N) is 1. The van der Waals surface area contributed by atoms with Gasteiger partial charge in [-0.15, -0.1) is 0 Å². The molecule has 0 spiro atoms. The van der Waals surface area contributed by atoms with E-state index >= 15 is 0 Å². The molecule has 0 aliphatic carbocycles. The van der Waals surface area contributed by atoms with Gasteiger partial charge in [0, 0.05) is 16.6 Å². The summed E-state index contributed by atoms with van der Waals surface area (Å²) in [6.07, 6.45) is 5.24. The second kappa shape index (κ2) is 8.16. The molecule has 0 aromatic heterocycles. The lowest BCUT2D eigenvalue weighted by atomic mass is 9.90. The van der Waals surface area contributed by atoms with Crippen molar-refractivity contribution in [2.24, 2.45) is 11.7 Å². The quantitative estimate of drug-likeness (QED) is 0.839. The molecule has 1 heterocycles. The summed E-state index contributed by atoms with van der Waals surface area (Å²) < 4.78 is 6.61. The minimum absolute atomic E-state index is 0.250. The molecule has 1 aromatic carbocycles. The van der Waals surface area contributed by atoms with E-state index in [-0.39, 0.29) is 6.04 Å². The zero-order chi connectivity index (χ0) is 15.2. The van der Waals surface area contributed by atoms with Crippen LogP contribution in [-0.2, 0) is 0 Å². The average molecular weight is 355 g/mol. The first kappa shape index (κ1) is 16.8. The normalized spacial score (nSPS) is 18.7. The molecule has 2 rings (SSSR count). The first-order valence-corrected chi connectivity index (χ1v) is 8.76. The van der Waals surface area contributed by atoms with Gasteiger partial charge < -0.3 is 10.5 Å². The highest BCUT2D eigenvalue weighted by molar-refractivity contribution is 9.10. The lowest BCUT2D eigenvalue weighted by Crippen LogP contribution is -2.40. The molecule has 0 radical (unpaired) electrons. The van der Waals surface area contributed by atoms with Crippen molar-refractivity contribution < 1.29 is 4.74 Å². The fourth-order valence-corrected chi connectivity index (χ4v) is 3.78. The molecule has 4 heteroatoms. The van der Waals surface area contributed by atoms with Crippen LogP contribution in [0.2, 0.25) is 0 Å². The number of likely N-dealkylation sites (tertiary alicyclic amines) is 1. The highest BCUT2D eigenvalue weighted by Gasteiger charge is 2.26. The zero-order valence-electron chi connectivity index (χ0n) is 13.1. The number of methoxy groups -OCH3 is 1. The van der Waals surface area contributed by atoms with Crippen LogP contribution in [-0.4, -0.2) is 31.6 Å². The van der Waals surface area contributed by atoms with E-state index in [1.807, 2.05) is 12.1 Å². The number of ether oxygens (including phenoxy) is 1. The van der Waals surface area contributed by atoms with E-state index in [4.69, 9.17) is 10.5 Å². The molecule has 3 nitrogen and oxygen atoms in total. The Hall–Kier alpha value is -0.580. The number of nitrogens with two attached hydrogens (primary N) is 1. The van der Waals surface area contributed by atoms with E-state index < -0.39 is 0 Å². The summed E-state index contributed by atoms with van der Waals surface area (Å²) in [5.41, 5.74) is 7.29. The van der Waals surface area contributed by atoms with Gasteiger partial charge in [0.2, 0.25) is 0 Å². The Kier molecular flexibility index (Phi) is 6.52. The first-order chi connectivity index (χ1) is 10.2. The van der Waals surface area contributed by atoms with Crippen LogP contribution < -0.4 is 10.5 Å². The Morgan fingerprint density at radius 3 is 2.67 bits per heavy atom. The van der Waals surface area contributed by atoms with Crippen LogP contribution in [0.3, 0.4) is 0 Å². The largest absolute Gasteiger partial charge is 0.496 e. The summed E-state index contributed by atoms with van der Waals surface area (Å²) in [5, 5.41) is 0. The van der Waals surface area contributed by atoms with E-state index in [2.05, 4.69) is 33.8 Å². The van der Waals surface area contributed by atoms with Crippen molar-refractivity contribution in [2.75, 3.05) is 26.7 Å². The van der Waals surface area contributed by atoms with E-state index in [0.717, 1.165) is 29.2 Å². The summed E-state index contributed by atoms with van der Waals surface area (Å²) in [6.45, 7) is 5.19. The Labute approximate surface area is 137 Å². The van der Waals surface area contributed by atoms with Crippen molar-refractivity contribution >= 4 is 15.9 Å². The maximum absolute atomic E-state index is 6.09. The van der Waals surface area contributed by atoms with Crippen LogP contribution in [0.25, 0.3) is 0 Å². The number of halogens is 1. The van der Waals surface area contributed by atoms with E-state index in [0.29, 0.717) is 6.54 Å². The van der Waals surface area contributed by atoms with Crippen LogP contribution in [0.15, 0.2) is 22.7 Å². The van der Waals surface area contributed by atoms with Crippen molar-refractivity contribution in [3.63, 3.8) is 0 Å². The molecular formula is C17H27BrN2O. The lowest BCUT2D eigenvalue weighted by molar-refractivity contribution is 0.130. The Balaban J connectivity index is 2.12. The van der Waals surface area contributed by atoms with Gasteiger partial charge in [0.25, 0.3) is 0 Å². The van der Waals surface area contributed by atoms with Gasteiger partial charge in [0.15, 0.2) is 0 Å². The fourth-order valence-electron chi connectivity index (χ4n) is 3.40. The van der Waals surface area contributed by atoms with Crippen LogP contribution in [0.1, 0.15) is 44.2 Å². The molecule has 1 aliphatic rings. The van der Waals surface area contributed by atoms with Crippen LogP contribution >= 0.6 is 15.9 Å². The Morgan fingerprint density at radius 1 is 1.38 bits per heavy atom. The number of piperidine rings is 1. The van der Waals surface area contributed by atoms with Crippen LogP contribution in [0, 0.1) is 5.92 Å². The minimum atomic E-state index is 0.250. The summed E-state index contributed by atoms with van der Waals surface area (Å²) >= 11 is 3.56. The van der Waals surface area contributed by atoms with E-state index in [9.17, 15) is 0 Å². The topological polar surface area (TPSA) is 38.5 Å². The molecule has 118 valence electrons. The summed E-state index contributed by atoms with van der Waals surface area (Å²) in [7, 11) is 1.73. The highest BCUT2D eigenvalue weighted by Crippen LogP contribution is 2.34. The molecule has 1 aliphatic heterocycles.